The lowest BCUT2D eigenvalue weighted by atomic mass is 10.1. The maximum absolute atomic E-state index is 5.97. The van der Waals surface area contributed by atoms with E-state index in [2.05, 4.69) is 29.2 Å². The Bertz CT molecular complexity index is 338. The van der Waals surface area contributed by atoms with E-state index in [1.165, 1.54) is 37.9 Å². The first kappa shape index (κ1) is 12.7. The highest BCUT2D eigenvalue weighted by Gasteiger charge is 2.24. The van der Waals surface area contributed by atoms with E-state index in [4.69, 9.17) is 4.74 Å². The van der Waals surface area contributed by atoms with Crippen molar-refractivity contribution in [3.05, 3.63) is 29.8 Å². The van der Waals surface area contributed by atoms with Crippen molar-refractivity contribution >= 4 is 12.4 Å². The highest BCUT2D eigenvalue weighted by atomic mass is 35.5. The normalized spacial score (nSPS) is 23.6. The Morgan fingerprint density at radius 1 is 1.12 bits per heavy atom. The minimum atomic E-state index is 0. The number of ether oxygens (including phenoxy) is 1. The van der Waals surface area contributed by atoms with E-state index in [0.29, 0.717) is 6.10 Å². The second-order valence-electron chi connectivity index (χ2n) is 4.91. The summed E-state index contributed by atoms with van der Waals surface area (Å²) in [5.74, 6) is 1.10. The number of likely N-dealkylation sites (tertiary alicyclic amines) is 1. The first-order chi connectivity index (χ1) is 7.92. The Morgan fingerprint density at radius 2 is 1.88 bits per heavy atom. The molecule has 2 nitrogen and oxygen atoms in total. The van der Waals surface area contributed by atoms with Gasteiger partial charge in [-0.2, -0.15) is 0 Å². The molecule has 2 aliphatic rings. The second kappa shape index (κ2) is 5.74. The summed E-state index contributed by atoms with van der Waals surface area (Å²) in [5.41, 5.74) is 1.38. The predicted molar refractivity (Wildman–Crippen MR) is 72.1 cm³/mol. The molecule has 0 amide bonds. The molecule has 0 N–H and O–H groups in total. The topological polar surface area (TPSA) is 12.5 Å². The fraction of sp³-hybridized carbons (Fsp3) is 0.571. The Hall–Kier alpha value is -0.730. The fourth-order valence-electron chi connectivity index (χ4n) is 2.79. The Morgan fingerprint density at radius 3 is 2.65 bits per heavy atom. The molecule has 0 bridgehead atoms. The van der Waals surface area contributed by atoms with Gasteiger partial charge in [0.15, 0.2) is 0 Å². The van der Waals surface area contributed by atoms with Crippen LogP contribution in [0, 0.1) is 0 Å². The average Bonchev–Trinajstić information content (AvgIpc) is 2.72. The number of nitrogens with zero attached hydrogens (tertiary/aromatic N) is 1. The summed E-state index contributed by atoms with van der Waals surface area (Å²) < 4.78 is 5.97. The van der Waals surface area contributed by atoms with Gasteiger partial charge in [-0.15, -0.1) is 12.4 Å². The van der Waals surface area contributed by atoms with Crippen molar-refractivity contribution in [1.82, 2.24) is 4.90 Å². The van der Waals surface area contributed by atoms with Crippen LogP contribution in [0.4, 0.5) is 0 Å². The molecule has 0 radical (unpaired) electrons. The highest BCUT2D eigenvalue weighted by Crippen LogP contribution is 2.28. The van der Waals surface area contributed by atoms with Gasteiger partial charge in [0.2, 0.25) is 0 Å². The van der Waals surface area contributed by atoms with Gasteiger partial charge in [0.1, 0.15) is 11.9 Å². The summed E-state index contributed by atoms with van der Waals surface area (Å²) in [6, 6.07) is 8.44. The molecule has 1 fully saturated rings. The zero-order chi connectivity index (χ0) is 10.8. The molecule has 94 valence electrons. The standard InChI is InChI=1S/C14H19NO.ClH/c1-4-8-15(9-5-1)11-13-10-12-6-2-3-7-14(12)16-13;/h2-3,6-7,13H,1,4-5,8-11H2;1H. The molecule has 2 aliphatic heterocycles. The maximum atomic E-state index is 5.97. The third kappa shape index (κ3) is 2.93. The van der Waals surface area contributed by atoms with Crippen molar-refractivity contribution in [2.45, 2.75) is 31.8 Å². The van der Waals surface area contributed by atoms with Gasteiger partial charge < -0.3 is 4.74 Å². The molecule has 0 aliphatic carbocycles. The van der Waals surface area contributed by atoms with Crippen LogP contribution in [0.2, 0.25) is 0 Å². The average molecular weight is 254 g/mol. The molecular weight excluding hydrogens is 234 g/mol. The lowest BCUT2D eigenvalue weighted by Crippen LogP contribution is -2.38. The Labute approximate surface area is 109 Å². The maximum Gasteiger partial charge on any atom is 0.123 e. The van der Waals surface area contributed by atoms with Gasteiger partial charge in [0, 0.05) is 13.0 Å². The third-order valence-corrected chi connectivity index (χ3v) is 3.62. The van der Waals surface area contributed by atoms with E-state index in [0.717, 1.165) is 18.7 Å². The fourth-order valence-corrected chi connectivity index (χ4v) is 2.79. The van der Waals surface area contributed by atoms with E-state index >= 15 is 0 Å². The van der Waals surface area contributed by atoms with Crippen molar-refractivity contribution in [3.63, 3.8) is 0 Å². The zero-order valence-corrected chi connectivity index (χ0v) is 10.9. The molecule has 1 saturated heterocycles. The van der Waals surface area contributed by atoms with Crippen LogP contribution in [0.1, 0.15) is 24.8 Å². The van der Waals surface area contributed by atoms with Crippen molar-refractivity contribution in [2.75, 3.05) is 19.6 Å². The second-order valence-corrected chi connectivity index (χ2v) is 4.91. The van der Waals surface area contributed by atoms with Crippen LogP contribution < -0.4 is 4.74 Å². The summed E-state index contributed by atoms with van der Waals surface area (Å²) in [4.78, 5) is 2.56. The van der Waals surface area contributed by atoms with Gasteiger partial charge in [-0.05, 0) is 37.6 Å². The molecule has 1 aromatic rings. The Balaban J connectivity index is 0.00000108. The van der Waals surface area contributed by atoms with Crippen molar-refractivity contribution in [1.29, 1.82) is 0 Å². The smallest absolute Gasteiger partial charge is 0.123 e. The van der Waals surface area contributed by atoms with Crippen molar-refractivity contribution < 1.29 is 4.74 Å². The third-order valence-electron chi connectivity index (χ3n) is 3.62. The van der Waals surface area contributed by atoms with Crippen LogP contribution >= 0.6 is 12.4 Å². The van der Waals surface area contributed by atoms with Gasteiger partial charge in [-0.25, -0.2) is 0 Å². The van der Waals surface area contributed by atoms with Gasteiger partial charge in [-0.1, -0.05) is 24.6 Å². The van der Waals surface area contributed by atoms with Gasteiger partial charge in [0.05, 0.1) is 0 Å². The van der Waals surface area contributed by atoms with E-state index in [-0.39, 0.29) is 12.4 Å². The first-order valence-electron chi connectivity index (χ1n) is 6.39. The van der Waals surface area contributed by atoms with Crippen LogP contribution in [0.5, 0.6) is 5.75 Å². The van der Waals surface area contributed by atoms with Crippen LogP contribution in [0.15, 0.2) is 24.3 Å². The molecule has 17 heavy (non-hydrogen) atoms. The summed E-state index contributed by atoms with van der Waals surface area (Å²) >= 11 is 0. The number of para-hydroxylation sites is 1. The molecule has 0 aromatic heterocycles. The molecule has 2 heterocycles. The lowest BCUT2D eigenvalue weighted by molar-refractivity contribution is 0.134. The molecule has 1 atom stereocenters. The zero-order valence-electron chi connectivity index (χ0n) is 10.1. The van der Waals surface area contributed by atoms with E-state index in [9.17, 15) is 0 Å². The predicted octanol–water partition coefficient (Wildman–Crippen LogP) is 2.90. The monoisotopic (exact) mass is 253 g/mol. The van der Waals surface area contributed by atoms with Gasteiger partial charge in [0.25, 0.3) is 0 Å². The van der Waals surface area contributed by atoms with Crippen molar-refractivity contribution in [3.8, 4) is 5.75 Å². The molecule has 3 rings (SSSR count). The van der Waals surface area contributed by atoms with Gasteiger partial charge in [-0.3, -0.25) is 4.90 Å². The molecule has 1 aromatic carbocycles. The SMILES string of the molecule is Cl.c1ccc2c(c1)CC(CN1CCCCC1)O2. The van der Waals surface area contributed by atoms with E-state index < -0.39 is 0 Å². The molecular formula is C14H20ClNO. The molecule has 0 spiro atoms. The van der Waals surface area contributed by atoms with E-state index in [1.807, 2.05) is 0 Å². The lowest BCUT2D eigenvalue weighted by Gasteiger charge is -2.28. The number of piperidine rings is 1. The first-order valence-corrected chi connectivity index (χ1v) is 6.39. The largest absolute Gasteiger partial charge is 0.488 e. The van der Waals surface area contributed by atoms with Gasteiger partial charge >= 0.3 is 0 Å². The van der Waals surface area contributed by atoms with Crippen LogP contribution in [0.25, 0.3) is 0 Å². The molecule has 0 saturated carbocycles. The summed E-state index contributed by atoms with van der Waals surface area (Å²) in [6.45, 7) is 3.63. The summed E-state index contributed by atoms with van der Waals surface area (Å²) in [5, 5.41) is 0. The minimum absolute atomic E-state index is 0. The molecule has 1 unspecified atom stereocenters. The minimum Gasteiger partial charge on any atom is -0.488 e. The quantitative estimate of drug-likeness (QED) is 0.804. The van der Waals surface area contributed by atoms with Crippen LogP contribution in [0.3, 0.4) is 0 Å². The highest BCUT2D eigenvalue weighted by molar-refractivity contribution is 5.85. The summed E-state index contributed by atoms with van der Waals surface area (Å²) in [6.07, 6.45) is 5.60. The van der Waals surface area contributed by atoms with Crippen LogP contribution in [-0.2, 0) is 6.42 Å². The number of benzene rings is 1. The number of rotatable bonds is 2. The molecule has 3 heteroatoms. The Kier molecular flexibility index (Phi) is 4.30. The van der Waals surface area contributed by atoms with Crippen LogP contribution in [-0.4, -0.2) is 30.6 Å². The van der Waals surface area contributed by atoms with Crippen molar-refractivity contribution in [2.24, 2.45) is 0 Å². The summed E-state index contributed by atoms with van der Waals surface area (Å²) in [7, 11) is 0. The number of hydrogen-bond donors (Lipinski definition) is 0. The number of fused-ring (bicyclic) bond motifs is 1. The number of halogens is 1. The number of hydrogen-bond acceptors (Lipinski definition) is 2. The van der Waals surface area contributed by atoms with E-state index in [1.54, 1.807) is 0 Å².